The van der Waals surface area contributed by atoms with E-state index in [2.05, 4.69) is 27.3 Å². The lowest BCUT2D eigenvalue weighted by Crippen LogP contribution is -2.29. The van der Waals surface area contributed by atoms with Crippen LogP contribution in [0, 0.1) is 11.3 Å². The second-order valence-corrected chi connectivity index (χ2v) is 4.98. The summed E-state index contributed by atoms with van der Waals surface area (Å²) in [5.41, 5.74) is 2.25. The summed E-state index contributed by atoms with van der Waals surface area (Å²) in [4.78, 5) is 0. The molecule has 0 bridgehead atoms. The van der Waals surface area contributed by atoms with E-state index in [9.17, 15) is 0 Å². The highest BCUT2D eigenvalue weighted by molar-refractivity contribution is 9.10. The summed E-state index contributed by atoms with van der Waals surface area (Å²) >= 11 is 3.53. The molecule has 15 heavy (non-hydrogen) atoms. The van der Waals surface area contributed by atoms with Crippen LogP contribution < -0.4 is 5.32 Å². The zero-order chi connectivity index (χ0) is 10.9. The topological polar surface area (TPSA) is 35.8 Å². The molecule has 0 radical (unpaired) electrons. The van der Waals surface area contributed by atoms with Crippen LogP contribution in [-0.2, 0) is 6.42 Å². The van der Waals surface area contributed by atoms with Crippen molar-refractivity contribution in [2.45, 2.75) is 24.8 Å². The van der Waals surface area contributed by atoms with Crippen molar-refractivity contribution in [2.24, 2.45) is 0 Å². The maximum atomic E-state index is 8.84. The summed E-state index contributed by atoms with van der Waals surface area (Å²) in [6, 6.07) is 7.95. The molecular weight excluding hydrogens is 252 g/mol. The summed E-state index contributed by atoms with van der Waals surface area (Å²) in [5.74, 6) is 0. The van der Waals surface area contributed by atoms with Gasteiger partial charge in [-0.1, -0.05) is 15.9 Å². The third-order valence-corrected chi connectivity index (χ3v) is 3.86. The van der Waals surface area contributed by atoms with E-state index in [0.717, 1.165) is 16.5 Å². The Balaban J connectivity index is 2.24. The van der Waals surface area contributed by atoms with Crippen LogP contribution in [0.25, 0.3) is 0 Å². The third-order valence-electron chi connectivity index (χ3n) is 3.09. The van der Waals surface area contributed by atoms with Crippen molar-refractivity contribution < 1.29 is 0 Å². The van der Waals surface area contributed by atoms with Crippen LogP contribution in [-0.4, -0.2) is 12.6 Å². The SMILES string of the molecule is CNC1(Cc2cc(C#N)ccc2Br)CC1. The lowest BCUT2D eigenvalue weighted by atomic mass is 10.0. The number of halogens is 1. The van der Waals surface area contributed by atoms with Crippen LogP contribution >= 0.6 is 15.9 Å². The van der Waals surface area contributed by atoms with E-state index in [0.29, 0.717) is 0 Å². The molecule has 0 aliphatic heterocycles. The number of rotatable bonds is 3. The maximum absolute atomic E-state index is 8.84. The molecule has 1 aliphatic rings. The molecule has 1 saturated carbocycles. The fourth-order valence-corrected chi connectivity index (χ4v) is 2.20. The molecular formula is C12H13BrN2. The molecule has 0 saturated heterocycles. The minimum Gasteiger partial charge on any atom is -0.314 e. The van der Waals surface area contributed by atoms with Gasteiger partial charge in [0.1, 0.15) is 0 Å². The lowest BCUT2D eigenvalue weighted by molar-refractivity contribution is 0.548. The van der Waals surface area contributed by atoms with E-state index >= 15 is 0 Å². The van der Waals surface area contributed by atoms with Crippen molar-refractivity contribution in [3.63, 3.8) is 0 Å². The van der Waals surface area contributed by atoms with E-state index < -0.39 is 0 Å². The molecule has 1 aromatic carbocycles. The van der Waals surface area contributed by atoms with Crippen LogP contribution in [0.3, 0.4) is 0 Å². The normalized spacial score (nSPS) is 17.1. The lowest BCUT2D eigenvalue weighted by Gasteiger charge is -2.15. The predicted molar refractivity (Wildman–Crippen MR) is 63.6 cm³/mol. The molecule has 3 heteroatoms. The Morgan fingerprint density at radius 2 is 2.27 bits per heavy atom. The number of hydrogen-bond donors (Lipinski definition) is 1. The quantitative estimate of drug-likeness (QED) is 0.911. The molecule has 1 N–H and O–H groups in total. The summed E-state index contributed by atoms with van der Waals surface area (Å²) in [5, 5.41) is 12.2. The third kappa shape index (κ3) is 2.22. The molecule has 1 aromatic rings. The molecule has 0 heterocycles. The average molecular weight is 265 g/mol. The molecule has 0 atom stereocenters. The summed E-state index contributed by atoms with van der Waals surface area (Å²) in [6.45, 7) is 0. The number of benzene rings is 1. The standard InChI is InChI=1S/C12H13BrN2/c1-15-12(4-5-12)7-10-6-9(8-14)2-3-11(10)13/h2-3,6,15H,4-5,7H2,1H3. The van der Waals surface area contributed by atoms with Crippen molar-refractivity contribution in [1.29, 1.82) is 5.26 Å². The van der Waals surface area contributed by atoms with Gasteiger partial charge in [0.15, 0.2) is 0 Å². The second-order valence-electron chi connectivity index (χ2n) is 4.13. The molecule has 2 nitrogen and oxygen atoms in total. The van der Waals surface area contributed by atoms with Gasteiger partial charge in [-0.3, -0.25) is 0 Å². The largest absolute Gasteiger partial charge is 0.314 e. The van der Waals surface area contributed by atoms with Gasteiger partial charge in [-0.05, 0) is 50.1 Å². The van der Waals surface area contributed by atoms with E-state index in [-0.39, 0.29) is 5.54 Å². The molecule has 0 aromatic heterocycles. The number of likely N-dealkylation sites (N-methyl/N-ethyl adjacent to an activating group) is 1. The van der Waals surface area contributed by atoms with Gasteiger partial charge in [-0.15, -0.1) is 0 Å². The van der Waals surface area contributed by atoms with Gasteiger partial charge in [-0.25, -0.2) is 0 Å². The number of hydrogen-bond acceptors (Lipinski definition) is 2. The van der Waals surface area contributed by atoms with Crippen molar-refractivity contribution in [2.75, 3.05) is 7.05 Å². The fraction of sp³-hybridized carbons (Fsp3) is 0.417. The highest BCUT2D eigenvalue weighted by Crippen LogP contribution is 2.39. The number of nitrogens with zero attached hydrogens (tertiary/aromatic N) is 1. The van der Waals surface area contributed by atoms with Crippen LogP contribution in [0.5, 0.6) is 0 Å². The first-order chi connectivity index (χ1) is 7.19. The predicted octanol–water partition coefficient (Wildman–Crippen LogP) is 2.62. The van der Waals surface area contributed by atoms with Crippen LogP contribution in [0.1, 0.15) is 24.0 Å². The number of nitriles is 1. The zero-order valence-electron chi connectivity index (χ0n) is 8.68. The van der Waals surface area contributed by atoms with Gasteiger partial charge in [0.2, 0.25) is 0 Å². The summed E-state index contributed by atoms with van der Waals surface area (Å²) in [7, 11) is 2.01. The van der Waals surface area contributed by atoms with Crippen molar-refractivity contribution in [3.8, 4) is 6.07 Å². The van der Waals surface area contributed by atoms with Crippen LogP contribution in [0.2, 0.25) is 0 Å². The Hall–Kier alpha value is -0.850. The summed E-state index contributed by atoms with van der Waals surface area (Å²) < 4.78 is 1.10. The first kappa shape index (κ1) is 10.7. The van der Waals surface area contributed by atoms with Gasteiger partial charge >= 0.3 is 0 Å². The molecule has 0 spiro atoms. The Morgan fingerprint density at radius 3 is 2.80 bits per heavy atom. The Labute approximate surface area is 98.4 Å². The van der Waals surface area contributed by atoms with Crippen LogP contribution in [0.15, 0.2) is 22.7 Å². The molecule has 2 rings (SSSR count). The summed E-state index contributed by atoms with van der Waals surface area (Å²) in [6.07, 6.45) is 3.46. The molecule has 0 amide bonds. The molecule has 0 unspecified atom stereocenters. The maximum Gasteiger partial charge on any atom is 0.0991 e. The monoisotopic (exact) mass is 264 g/mol. The van der Waals surface area contributed by atoms with E-state index in [1.54, 1.807) is 0 Å². The van der Waals surface area contributed by atoms with Crippen LogP contribution in [0.4, 0.5) is 0 Å². The first-order valence-corrected chi connectivity index (χ1v) is 5.86. The zero-order valence-corrected chi connectivity index (χ0v) is 10.3. The van der Waals surface area contributed by atoms with Gasteiger partial charge in [0.05, 0.1) is 11.6 Å². The highest BCUT2D eigenvalue weighted by atomic mass is 79.9. The Bertz CT molecular complexity index is 416. The van der Waals surface area contributed by atoms with E-state index in [1.165, 1.54) is 18.4 Å². The minimum absolute atomic E-state index is 0.288. The molecule has 1 aliphatic carbocycles. The molecule has 1 fully saturated rings. The fourth-order valence-electron chi connectivity index (χ4n) is 1.81. The first-order valence-electron chi connectivity index (χ1n) is 5.06. The smallest absolute Gasteiger partial charge is 0.0991 e. The second kappa shape index (κ2) is 3.96. The average Bonchev–Trinajstić information content (AvgIpc) is 3.02. The Kier molecular flexibility index (Phi) is 2.81. The van der Waals surface area contributed by atoms with Gasteiger partial charge in [0, 0.05) is 10.0 Å². The van der Waals surface area contributed by atoms with Gasteiger partial charge in [0.25, 0.3) is 0 Å². The van der Waals surface area contributed by atoms with E-state index in [4.69, 9.17) is 5.26 Å². The van der Waals surface area contributed by atoms with Crippen molar-refractivity contribution >= 4 is 15.9 Å². The van der Waals surface area contributed by atoms with Crippen molar-refractivity contribution in [3.05, 3.63) is 33.8 Å². The minimum atomic E-state index is 0.288. The van der Waals surface area contributed by atoms with Gasteiger partial charge < -0.3 is 5.32 Å². The number of nitrogens with one attached hydrogen (secondary N) is 1. The highest BCUT2D eigenvalue weighted by Gasteiger charge is 2.41. The van der Waals surface area contributed by atoms with E-state index in [1.807, 2.05) is 25.2 Å². The Morgan fingerprint density at radius 1 is 1.53 bits per heavy atom. The van der Waals surface area contributed by atoms with Gasteiger partial charge in [-0.2, -0.15) is 5.26 Å². The molecule has 78 valence electrons. The van der Waals surface area contributed by atoms with Crippen molar-refractivity contribution in [1.82, 2.24) is 5.32 Å².